The number of hydrogen-bond donors (Lipinski definition) is 2. The van der Waals surface area contributed by atoms with Crippen LogP contribution in [0.3, 0.4) is 0 Å². The smallest absolute Gasteiger partial charge is 0.223 e. The molecule has 0 bridgehead atoms. The zero-order valence-corrected chi connectivity index (χ0v) is 13.0. The minimum Gasteiger partial charge on any atom is -0.508 e. The highest BCUT2D eigenvalue weighted by atomic mass is 16.3. The summed E-state index contributed by atoms with van der Waals surface area (Å²) in [5, 5.41) is 20.0. The molecule has 0 spiro atoms. The number of amides is 1. The Morgan fingerprint density at radius 1 is 1.09 bits per heavy atom. The van der Waals surface area contributed by atoms with Crippen LogP contribution in [0.5, 0.6) is 5.75 Å². The van der Waals surface area contributed by atoms with Gasteiger partial charge in [0.05, 0.1) is 6.54 Å². The fourth-order valence-corrected chi connectivity index (χ4v) is 3.06. The van der Waals surface area contributed by atoms with E-state index in [1.165, 1.54) is 0 Å². The number of benzene rings is 2. The van der Waals surface area contributed by atoms with E-state index in [2.05, 4.69) is 0 Å². The third-order valence-corrected chi connectivity index (χ3v) is 4.48. The first-order chi connectivity index (χ1) is 11.1. The molecule has 2 N–H and O–H groups in total. The monoisotopic (exact) mass is 311 g/mol. The molecule has 1 aliphatic rings. The molecule has 0 aromatic heterocycles. The lowest BCUT2D eigenvalue weighted by Gasteiger charge is -2.24. The predicted molar refractivity (Wildman–Crippen MR) is 88.0 cm³/mol. The average Bonchev–Trinajstić information content (AvgIpc) is 2.99. The summed E-state index contributed by atoms with van der Waals surface area (Å²) in [5.41, 5.74) is 0.956. The number of aliphatic hydroxyl groups is 1. The van der Waals surface area contributed by atoms with E-state index in [0.717, 1.165) is 11.1 Å². The molecule has 2 aromatic carbocycles. The number of carbonyl (C=O) groups is 1. The van der Waals surface area contributed by atoms with Crippen LogP contribution in [0, 0.1) is 0 Å². The van der Waals surface area contributed by atoms with Gasteiger partial charge in [0.25, 0.3) is 0 Å². The molecule has 23 heavy (non-hydrogen) atoms. The van der Waals surface area contributed by atoms with Crippen molar-refractivity contribution in [2.24, 2.45) is 0 Å². The maximum absolute atomic E-state index is 12.4. The molecule has 0 radical (unpaired) electrons. The molecular formula is C19H21NO3. The molecule has 1 saturated heterocycles. The Morgan fingerprint density at radius 2 is 1.78 bits per heavy atom. The van der Waals surface area contributed by atoms with E-state index < -0.39 is 5.60 Å². The third kappa shape index (κ3) is 3.54. The van der Waals surface area contributed by atoms with Crippen LogP contribution < -0.4 is 0 Å². The standard InChI is InChI=1S/C19H21NO3/c21-17-9-6-15(7-10-17)8-11-18(22)20-13-12-19(23,14-20)16-4-2-1-3-5-16/h1-7,9-10,21,23H,8,11-14H2/t19-/m0/s1. The van der Waals surface area contributed by atoms with Gasteiger partial charge in [-0.15, -0.1) is 0 Å². The number of phenols is 1. The first kappa shape index (κ1) is 15.6. The first-order valence-corrected chi connectivity index (χ1v) is 7.90. The Hall–Kier alpha value is -2.33. The molecule has 120 valence electrons. The van der Waals surface area contributed by atoms with E-state index in [1.54, 1.807) is 17.0 Å². The zero-order valence-electron chi connectivity index (χ0n) is 13.0. The Kier molecular flexibility index (Phi) is 4.35. The maximum Gasteiger partial charge on any atom is 0.223 e. The number of β-amino-alcohol motifs (C(OH)–C–C–N with tert-alkyl or cyclic N) is 1. The van der Waals surface area contributed by atoms with E-state index in [-0.39, 0.29) is 11.7 Å². The van der Waals surface area contributed by atoms with Crippen LogP contribution in [0.1, 0.15) is 24.0 Å². The van der Waals surface area contributed by atoms with Gasteiger partial charge < -0.3 is 15.1 Å². The quantitative estimate of drug-likeness (QED) is 0.912. The number of aryl methyl sites for hydroxylation is 1. The van der Waals surface area contributed by atoms with Crippen molar-refractivity contribution in [3.8, 4) is 5.75 Å². The summed E-state index contributed by atoms with van der Waals surface area (Å²) in [6.07, 6.45) is 1.62. The van der Waals surface area contributed by atoms with E-state index >= 15 is 0 Å². The average molecular weight is 311 g/mol. The Labute approximate surface area is 136 Å². The molecule has 1 amide bonds. The highest BCUT2D eigenvalue weighted by Crippen LogP contribution is 2.32. The number of nitrogens with zero attached hydrogens (tertiary/aromatic N) is 1. The molecule has 4 heteroatoms. The normalized spacial score (nSPS) is 20.7. The molecular weight excluding hydrogens is 290 g/mol. The summed E-state index contributed by atoms with van der Waals surface area (Å²) >= 11 is 0. The molecule has 1 heterocycles. The highest BCUT2D eigenvalue weighted by Gasteiger charge is 2.39. The molecule has 1 aliphatic heterocycles. The Bertz CT molecular complexity index is 669. The Morgan fingerprint density at radius 3 is 2.48 bits per heavy atom. The molecule has 2 aromatic rings. The number of aromatic hydroxyl groups is 1. The number of phenolic OH excluding ortho intramolecular Hbond substituents is 1. The second-order valence-corrected chi connectivity index (χ2v) is 6.13. The lowest BCUT2D eigenvalue weighted by atomic mass is 9.93. The SMILES string of the molecule is O=C(CCc1ccc(O)cc1)N1CC[C@@](O)(c2ccccc2)C1. The molecule has 0 unspecified atom stereocenters. The van der Waals surface area contributed by atoms with Crippen LogP contribution in [0.2, 0.25) is 0 Å². The van der Waals surface area contributed by atoms with Gasteiger partial charge >= 0.3 is 0 Å². The summed E-state index contributed by atoms with van der Waals surface area (Å²) in [6, 6.07) is 16.5. The second kappa shape index (κ2) is 6.42. The second-order valence-electron chi connectivity index (χ2n) is 6.13. The Balaban J connectivity index is 1.58. The van der Waals surface area contributed by atoms with Gasteiger partial charge in [0, 0.05) is 13.0 Å². The van der Waals surface area contributed by atoms with E-state index in [0.29, 0.717) is 32.4 Å². The molecule has 4 nitrogen and oxygen atoms in total. The lowest BCUT2D eigenvalue weighted by molar-refractivity contribution is -0.131. The van der Waals surface area contributed by atoms with Gasteiger partial charge in [-0.2, -0.15) is 0 Å². The minimum absolute atomic E-state index is 0.0601. The van der Waals surface area contributed by atoms with Crippen LogP contribution in [0.25, 0.3) is 0 Å². The van der Waals surface area contributed by atoms with Crippen LogP contribution in [0.15, 0.2) is 54.6 Å². The molecule has 0 aliphatic carbocycles. The van der Waals surface area contributed by atoms with Crippen LogP contribution in [-0.2, 0) is 16.8 Å². The largest absolute Gasteiger partial charge is 0.508 e. The van der Waals surface area contributed by atoms with Crippen molar-refractivity contribution in [3.05, 3.63) is 65.7 Å². The molecule has 1 fully saturated rings. The van der Waals surface area contributed by atoms with Gasteiger partial charge in [0.2, 0.25) is 5.91 Å². The van der Waals surface area contributed by atoms with Crippen LogP contribution >= 0.6 is 0 Å². The highest BCUT2D eigenvalue weighted by molar-refractivity contribution is 5.77. The van der Waals surface area contributed by atoms with Gasteiger partial charge in [-0.25, -0.2) is 0 Å². The zero-order chi connectivity index (χ0) is 16.3. The number of likely N-dealkylation sites (tertiary alicyclic amines) is 1. The van der Waals surface area contributed by atoms with Crippen molar-refractivity contribution < 1.29 is 15.0 Å². The van der Waals surface area contributed by atoms with Crippen LogP contribution in [0.4, 0.5) is 0 Å². The lowest BCUT2D eigenvalue weighted by Crippen LogP contribution is -2.34. The summed E-state index contributed by atoms with van der Waals surface area (Å²) in [4.78, 5) is 14.1. The summed E-state index contributed by atoms with van der Waals surface area (Å²) in [5.74, 6) is 0.289. The van der Waals surface area contributed by atoms with Crippen molar-refractivity contribution in [1.29, 1.82) is 0 Å². The van der Waals surface area contributed by atoms with Crippen molar-refractivity contribution in [2.45, 2.75) is 24.9 Å². The fourth-order valence-electron chi connectivity index (χ4n) is 3.06. The van der Waals surface area contributed by atoms with Gasteiger partial charge in [-0.1, -0.05) is 42.5 Å². The van der Waals surface area contributed by atoms with Crippen molar-refractivity contribution >= 4 is 5.91 Å². The fraction of sp³-hybridized carbons (Fsp3) is 0.316. The van der Waals surface area contributed by atoms with Gasteiger partial charge in [-0.3, -0.25) is 4.79 Å². The first-order valence-electron chi connectivity index (χ1n) is 7.90. The van der Waals surface area contributed by atoms with E-state index in [1.807, 2.05) is 42.5 Å². The van der Waals surface area contributed by atoms with E-state index in [9.17, 15) is 15.0 Å². The minimum atomic E-state index is -0.935. The number of hydrogen-bond acceptors (Lipinski definition) is 3. The van der Waals surface area contributed by atoms with Crippen molar-refractivity contribution in [3.63, 3.8) is 0 Å². The summed E-state index contributed by atoms with van der Waals surface area (Å²) in [7, 11) is 0. The summed E-state index contributed by atoms with van der Waals surface area (Å²) < 4.78 is 0. The van der Waals surface area contributed by atoms with Crippen molar-refractivity contribution in [1.82, 2.24) is 4.90 Å². The maximum atomic E-state index is 12.4. The van der Waals surface area contributed by atoms with Gasteiger partial charge in [-0.05, 0) is 36.1 Å². The predicted octanol–water partition coefficient (Wildman–Crippen LogP) is 2.44. The molecule has 3 rings (SSSR count). The molecule has 0 saturated carbocycles. The third-order valence-electron chi connectivity index (χ3n) is 4.48. The van der Waals surface area contributed by atoms with Gasteiger partial charge in [0.1, 0.15) is 11.4 Å². The number of rotatable bonds is 4. The topological polar surface area (TPSA) is 60.8 Å². The van der Waals surface area contributed by atoms with Crippen molar-refractivity contribution in [2.75, 3.05) is 13.1 Å². The summed E-state index contributed by atoms with van der Waals surface area (Å²) in [6.45, 7) is 0.936. The number of carbonyl (C=O) groups excluding carboxylic acids is 1. The van der Waals surface area contributed by atoms with Crippen LogP contribution in [-0.4, -0.2) is 34.1 Å². The molecule has 1 atom stereocenters. The van der Waals surface area contributed by atoms with Gasteiger partial charge in [0.15, 0.2) is 0 Å². The van der Waals surface area contributed by atoms with E-state index in [4.69, 9.17) is 0 Å².